The smallest absolute Gasteiger partial charge is 0.238 e. The number of anilines is 1. The zero-order valence-corrected chi connectivity index (χ0v) is 15.8. The second-order valence-electron chi connectivity index (χ2n) is 6.67. The van der Waals surface area contributed by atoms with Crippen molar-refractivity contribution in [2.45, 2.75) is 0 Å². The lowest BCUT2D eigenvalue weighted by Gasteiger charge is -2.33. The predicted octanol–water partition coefficient (Wildman–Crippen LogP) is 2.96. The highest BCUT2D eigenvalue weighted by Gasteiger charge is 2.18. The fraction of sp³-hybridized carbons (Fsp3) is 0.318. The Morgan fingerprint density at radius 1 is 1.00 bits per heavy atom. The lowest BCUT2D eigenvalue weighted by atomic mass is 10.2. The van der Waals surface area contributed by atoms with E-state index >= 15 is 0 Å². The molecule has 1 amide bonds. The Hall–Kier alpha value is -2.63. The molecule has 0 radical (unpaired) electrons. The van der Waals surface area contributed by atoms with Gasteiger partial charge in [-0.05, 0) is 29.8 Å². The highest BCUT2D eigenvalue weighted by Crippen LogP contribution is 2.15. The number of nitrogens with zero attached hydrogens (tertiary/aromatic N) is 2. The summed E-state index contributed by atoms with van der Waals surface area (Å²) in [6, 6.07) is 17.7. The Balaban J connectivity index is 1.37. The number of carbonyl (C=O) groups is 1. The van der Waals surface area contributed by atoms with Gasteiger partial charge >= 0.3 is 0 Å². The third-order valence-corrected chi connectivity index (χ3v) is 4.68. The van der Waals surface area contributed by atoms with Crippen LogP contribution in [0.5, 0.6) is 5.75 Å². The Bertz CT molecular complexity index is 736. The van der Waals surface area contributed by atoms with E-state index < -0.39 is 0 Å². The largest absolute Gasteiger partial charge is 0.497 e. The summed E-state index contributed by atoms with van der Waals surface area (Å²) in [5, 5.41) is 2.94. The fourth-order valence-corrected chi connectivity index (χ4v) is 3.11. The van der Waals surface area contributed by atoms with Crippen LogP contribution in [0.1, 0.15) is 5.56 Å². The standard InChI is InChI=1S/C22H27N3O2/c1-27-21-11-9-20(10-12-21)23-22(26)18-25-16-14-24(15-17-25)13-5-8-19-6-3-2-4-7-19/h2-12H,13-18H2,1H3,(H,23,26). The molecule has 1 N–H and O–H groups in total. The van der Waals surface area contributed by atoms with Crippen molar-refractivity contribution in [1.82, 2.24) is 9.80 Å². The number of hydrogen-bond acceptors (Lipinski definition) is 4. The third kappa shape index (κ3) is 6.24. The summed E-state index contributed by atoms with van der Waals surface area (Å²) in [4.78, 5) is 16.9. The van der Waals surface area contributed by atoms with Gasteiger partial charge in [0.05, 0.1) is 13.7 Å². The van der Waals surface area contributed by atoms with Crippen LogP contribution in [-0.4, -0.2) is 62.1 Å². The van der Waals surface area contributed by atoms with E-state index in [0.29, 0.717) is 6.54 Å². The Morgan fingerprint density at radius 2 is 1.67 bits per heavy atom. The summed E-state index contributed by atoms with van der Waals surface area (Å²) < 4.78 is 5.13. The number of rotatable bonds is 7. The summed E-state index contributed by atoms with van der Waals surface area (Å²) in [5.41, 5.74) is 2.02. The number of methoxy groups -OCH3 is 1. The van der Waals surface area contributed by atoms with Gasteiger partial charge in [-0.25, -0.2) is 0 Å². The van der Waals surface area contributed by atoms with E-state index in [0.717, 1.165) is 44.2 Å². The van der Waals surface area contributed by atoms with Gasteiger partial charge in [0.2, 0.25) is 5.91 Å². The van der Waals surface area contributed by atoms with E-state index in [-0.39, 0.29) is 5.91 Å². The van der Waals surface area contributed by atoms with E-state index in [1.807, 2.05) is 30.3 Å². The summed E-state index contributed by atoms with van der Waals surface area (Å²) >= 11 is 0. The summed E-state index contributed by atoms with van der Waals surface area (Å²) in [6.45, 7) is 5.16. The number of amides is 1. The van der Waals surface area contributed by atoms with Gasteiger partial charge in [-0.1, -0.05) is 42.5 Å². The quantitative estimate of drug-likeness (QED) is 0.819. The molecular formula is C22H27N3O2. The van der Waals surface area contributed by atoms with Crippen LogP contribution in [0.4, 0.5) is 5.69 Å². The van der Waals surface area contributed by atoms with Gasteiger partial charge in [0.25, 0.3) is 0 Å². The maximum absolute atomic E-state index is 12.2. The molecule has 0 unspecified atom stereocenters. The van der Waals surface area contributed by atoms with E-state index in [9.17, 15) is 4.79 Å². The van der Waals surface area contributed by atoms with Crippen molar-refractivity contribution in [2.24, 2.45) is 0 Å². The van der Waals surface area contributed by atoms with Gasteiger partial charge in [-0.15, -0.1) is 0 Å². The second-order valence-corrected chi connectivity index (χ2v) is 6.67. The third-order valence-electron chi connectivity index (χ3n) is 4.68. The fourth-order valence-electron chi connectivity index (χ4n) is 3.11. The molecule has 1 saturated heterocycles. The van der Waals surface area contributed by atoms with Crippen LogP contribution in [0, 0.1) is 0 Å². The minimum Gasteiger partial charge on any atom is -0.497 e. The molecule has 1 aliphatic rings. The molecule has 0 bridgehead atoms. The topological polar surface area (TPSA) is 44.8 Å². The van der Waals surface area contributed by atoms with Crippen molar-refractivity contribution in [3.05, 3.63) is 66.2 Å². The molecule has 5 heteroatoms. The van der Waals surface area contributed by atoms with Gasteiger partial charge in [0.15, 0.2) is 0 Å². The van der Waals surface area contributed by atoms with Crippen LogP contribution in [0.3, 0.4) is 0 Å². The van der Waals surface area contributed by atoms with Gasteiger partial charge in [-0.2, -0.15) is 0 Å². The molecule has 0 atom stereocenters. The van der Waals surface area contributed by atoms with E-state index in [1.165, 1.54) is 5.56 Å². The molecule has 142 valence electrons. The lowest BCUT2D eigenvalue weighted by Crippen LogP contribution is -2.48. The van der Waals surface area contributed by atoms with Crippen LogP contribution < -0.4 is 10.1 Å². The molecule has 0 aromatic heterocycles. The first kappa shape index (κ1) is 19.1. The Labute approximate surface area is 161 Å². The van der Waals surface area contributed by atoms with E-state index in [4.69, 9.17) is 4.74 Å². The number of benzene rings is 2. The molecule has 1 heterocycles. The van der Waals surface area contributed by atoms with Crippen molar-refractivity contribution in [3.8, 4) is 5.75 Å². The molecule has 0 spiro atoms. The van der Waals surface area contributed by atoms with Crippen molar-refractivity contribution in [1.29, 1.82) is 0 Å². The van der Waals surface area contributed by atoms with Crippen molar-refractivity contribution >= 4 is 17.7 Å². The SMILES string of the molecule is COc1ccc(NC(=O)CN2CCN(CC=Cc3ccccc3)CC2)cc1. The van der Waals surface area contributed by atoms with Crippen LogP contribution in [0.2, 0.25) is 0 Å². The average molecular weight is 365 g/mol. The van der Waals surface area contributed by atoms with Crippen LogP contribution in [-0.2, 0) is 4.79 Å². The molecule has 3 rings (SSSR count). The zero-order valence-electron chi connectivity index (χ0n) is 15.8. The first-order valence-electron chi connectivity index (χ1n) is 9.33. The summed E-state index contributed by atoms with van der Waals surface area (Å²) in [5.74, 6) is 0.808. The lowest BCUT2D eigenvalue weighted by molar-refractivity contribution is -0.117. The van der Waals surface area contributed by atoms with Crippen LogP contribution >= 0.6 is 0 Å². The molecule has 27 heavy (non-hydrogen) atoms. The molecule has 5 nitrogen and oxygen atoms in total. The van der Waals surface area contributed by atoms with Gasteiger partial charge in [-0.3, -0.25) is 14.6 Å². The molecule has 0 saturated carbocycles. The van der Waals surface area contributed by atoms with Crippen LogP contribution in [0.25, 0.3) is 6.08 Å². The molecule has 1 fully saturated rings. The van der Waals surface area contributed by atoms with Gasteiger partial charge in [0, 0.05) is 38.4 Å². The monoisotopic (exact) mass is 365 g/mol. The molecule has 2 aromatic carbocycles. The first-order valence-corrected chi connectivity index (χ1v) is 9.33. The minimum absolute atomic E-state index is 0.0255. The normalized spacial score (nSPS) is 15.7. The van der Waals surface area contributed by atoms with E-state index in [2.05, 4.69) is 51.5 Å². The first-order chi connectivity index (χ1) is 13.2. The number of hydrogen-bond donors (Lipinski definition) is 1. The van der Waals surface area contributed by atoms with Crippen molar-refractivity contribution in [2.75, 3.05) is 51.7 Å². The molecular weight excluding hydrogens is 338 g/mol. The maximum atomic E-state index is 12.2. The number of ether oxygens (including phenoxy) is 1. The van der Waals surface area contributed by atoms with Crippen LogP contribution in [0.15, 0.2) is 60.7 Å². The predicted molar refractivity (Wildman–Crippen MR) is 110 cm³/mol. The maximum Gasteiger partial charge on any atom is 0.238 e. The van der Waals surface area contributed by atoms with E-state index in [1.54, 1.807) is 7.11 Å². The number of carbonyl (C=O) groups excluding carboxylic acids is 1. The number of piperazine rings is 1. The molecule has 1 aliphatic heterocycles. The van der Waals surface area contributed by atoms with Crippen molar-refractivity contribution < 1.29 is 9.53 Å². The second kappa shape index (κ2) is 9.90. The highest BCUT2D eigenvalue weighted by molar-refractivity contribution is 5.92. The Kier molecular flexibility index (Phi) is 7.02. The zero-order chi connectivity index (χ0) is 18.9. The highest BCUT2D eigenvalue weighted by atomic mass is 16.5. The molecule has 0 aliphatic carbocycles. The molecule has 2 aromatic rings. The average Bonchev–Trinajstić information content (AvgIpc) is 2.71. The minimum atomic E-state index is 0.0255. The summed E-state index contributed by atoms with van der Waals surface area (Å²) in [7, 11) is 1.63. The summed E-state index contributed by atoms with van der Waals surface area (Å²) in [6.07, 6.45) is 4.37. The van der Waals surface area contributed by atoms with Gasteiger partial charge < -0.3 is 10.1 Å². The van der Waals surface area contributed by atoms with Crippen molar-refractivity contribution in [3.63, 3.8) is 0 Å². The van der Waals surface area contributed by atoms with Gasteiger partial charge in [0.1, 0.15) is 5.75 Å². The number of nitrogens with one attached hydrogen (secondary N) is 1. The Morgan fingerprint density at radius 3 is 2.33 bits per heavy atom.